The Hall–Kier alpha value is -4.06. The van der Waals surface area contributed by atoms with Crippen LogP contribution in [0.25, 0.3) is 5.57 Å². The summed E-state index contributed by atoms with van der Waals surface area (Å²) < 4.78 is 5.24. The van der Waals surface area contributed by atoms with Crippen LogP contribution in [0.2, 0.25) is 0 Å². The van der Waals surface area contributed by atoms with E-state index in [0.29, 0.717) is 22.6 Å². The fourth-order valence-electron chi connectivity index (χ4n) is 3.69. The molecule has 4 rings (SSSR count). The zero-order valence-electron chi connectivity index (χ0n) is 18.5. The second kappa shape index (κ2) is 8.59. The van der Waals surface area contributed by atoms with E-state index in [4.69, 9.17) is 4.74 Å². The summed E-state index contributed by atoms with van der Waals surface area (Å²) in [5.41, 5.74) is 4.42. The quantitative estimate of drug-likeness (QED) is 0.589. The molecule has 2 amide bonds. The van der Waals surface area contributed by atoms with Crippen LogP contribution in [0.4, 0.5) is 17.1 Å². The summed E-state index contributed by atoms with van der Waals surface area (Å²) in [6.45, 7) is 1.88. The summed E-state index contributed by atoms with van der Waals surface area (Å²) >= 11 is 0. The van der Waals surface area contributed by atoms with Gasteiger partial charge < -0.3 is 15.0 Å². The number of carbonyl (C=O) groups is 2. The minimum Gasteiger partial charge on any atom is -0.497 e. The second-order valence-corrected chi connectivity index (χ2v) is 7.78. The van der Waals surface area contributed by atoms with Crippen LogP contribution >= 0.6 is 0 Å². The molecular weight excluding hydrogens is 402 g/mol. The van der Waals surface area contributed by atoms with Crippen molar-refractivity contribution in [2.24, 2.45) is 0 Å². The van der Waals surface area contributed by atoms with Gasteiger partial charge in [-0.15, -0.1) is 0 Å². The van der Waals surface area contributed by atoms with Crippen molar-refractivity contribution in [1.82, 2.24) is 0 Å². The molecule has 32 heavy (non-hydrogen) atoms. The normalized spacial score (nSPS) is 13.6. The van der Waals surface area contributed by atoms with Gasteiger partial charge in [0.2, 0.25) is 0 Å². The largest absolute Gasteiger partial charge is 0.497 e. The highest BCUT2D eigenvalue weighted by Gasteiger charge is 2.40. The van der Waals surface area contributed by atoms with Gasteiger partial charge in [-0.05, 0) is 60.5 Å². The van der Waals surface area contributed by atoms with E-state index in [1.54, 1.807) is 37.4 Å². The SMILES string of the molecule is COc1ccc(C2=C(Nc3ccc(N(C)C)cc3)C(=O)N(c3ccccc3C)C2=O)cc1. The molecule has 162 valence electrons. The third-order valence-corrected chi connectivity index (χ3v) is 5.47. The molecule has 1 aliphatic rings. The number of nitrogens with one attached hydrogen (secondary N) is 1. The number of benzene rings is 3. The van der Waals surface area contributed by atoms with Crippen LogP contribution < -0.4 is 19.9 Å². The number of hydrogen-bond acceptors (Lipinski definition) is 5. The molecule has 0 atom stereocenters. The maximum atomic E-state index is 13.5. The van der Waals surface area contributed by atoms with Crippen LogP contribution in [0.3, 0.4) is 0 Å². The maximum Gasteiger partial charge on any atom is 0.282 e. The van der Waals surface area contributed by atoms with E-state index in [2.05, 4.69) is 5.32 Å². The molecule has 6 nitrogen and oxygen atoms in total. The van der Waals surface area contributed by atoms with Crippen molar-refractivity contribution in [3.05, 3.63) is 89.6 Å². The zero-order chi connectivity index (χ0) is 22.8. The third kappa shape index (κ3) is 3.83. The first-order valence-electron chi connectivity index (χ1n) is 10.3. The van der Waals surface area contributed by atoms with Gasteiger partial charge in [0.1, 0.15) is 11.4 Å². The van der Waals surface area contributed by atoms with Crippen LogP contribution in [-0.2, 0) is 9.59 Å². The topological polar surface area (TPSA) is 61.9 Å². The van der Waals surface area contributed by atoms with Gasteiger partial charge in [0.15, 0.2) is 0 Å². The molecule has 3 aromatic rings. The fraction of sp³-hybridized carbons (Fsp3) is 0.154. The van der Waals surface area contributed by atoms with E-state index in [0.717, 1.165) is 16.9 Å². The molecule has 0 fully saturated rings. The van der Waals surface area contributed by atoms with Gasteiger partial charge in [0.25, 0.3) is 11.8 Å². The lowest BCUT2D eigenvalue weighted by Gasteiger charge is -2.18. The number of amides is 2. The van der Waals surface area contributed by atoms with Crippen LogP contribution in [0.5, 0.6) is 5.75 Å². The number of rotatable bonds is 6. The minimum absolute atomic E-state index is 0.251. The summed E-state index contributed by atoms with van der Waals surface area (Å²) in [6.07, 6.45) is 0. The molecular formula is C26H25N3O3. The van der Waals surface area contributed by atoms with Crippen molar-refractivity contribution < 1.29 is 14.3 Å². The van der Waals surface area contributed by atoms with Crippen LogP contribution in [0.15, 0.2) is 78.5 Å². The first kappa shape index (κ1) is 21.2. The molecule has 0 bridgehead atoms. The van der Waals surface area contributed by atoms with E-state index >= 15 is 0 Å². The highest BCUT2D eigenvalue weighted by Crippen LogP contribution is 2.35. The molecule has 0 saturated carbocycles. The Labute approximate surface area is 187 Å². The Balaban J connectivity index is 1.79. The van der Waals surface area contributed by atoms with Gasteiger partial charge in [-0.2, -0.15) is 0 Å². The van der Waals surface area contributed by atoms with Crippen molar-refractivity contribution in [3.63, 3.8) is 0 Å². The van der Waals surface area contributed by atoms with E-state index in [1.165, 1.54) is 4.90 Å². The lowest BCUT2D eigenvalue weighted by Crippen LogP contribution is -2.33. The summed E-state index contributed by atoms with van der Waals surface area (Å²) in [5, 5.41) is 3.20. The van der Waals surface area contributed by atoms with E-state index in [-0.39, 0.29) is 17.5 Å². The molecule has 1 N–H and O–H groups in total. The lowest BCUT2D eigenvalue weighted by molar-refractivity contribution is -0.120. The Kier molecular flexibility index (Phi) is 5.69. The van der Waals surface area contributed by atoms with Gasteiger partial charge in [-0.1, -0.05) is 30.3 Å². The summed E-state index contributed by atoms with van der Waals surface area (Å²) in [7, 11) is 5.51. The van der Waals surface area contributed by atoms with Gasteiger partial charge in [-0.25, -0.2) is 4.90 Å². The second-order valence-electron chi connectivity index (χ2n) is 7.78. The third-order valence-electron chi connectivity index (χ3n) is 5.47. The predicted octanol–water partition coefficient (Wildman–Crippen LogP) is 4.47. The number of ether oxygens (including phenoxy) is 1. The molecule has 0 aromatic heterocycles. The predicted molar refractivity (Wildman–Crippen MR) is 128 cm³/mol. The van der Waals surface area contributed by atoms with Crippen LogP contribution in [0, 0.1) is 6.92 Å². The number of carbonyl (C=O) groups excluding carboxylic acids is 2. The molecule has 0 aliphatic carbocycles. The molecule has 1 heterocycles. The van der Waals surface area contributed by atoms with Crippen LogP contribution in [-0.4, -0.2) is 33.0 Å². The Morgan fingerprint density at radius 3 is 2.09 bits per heavy atom. The van der Waals surface area contributed by atoms with E-state index in [9.17, 15) is 9.59 Å². The Bertz CT molecular complexity index is 1200. The lowest BCUT2D eigenvalue weighted by atomic mass is 10.0. The molecule has 6 heteroatoms. The van der Waals surface area contributed by atoms with Crippen molar-refractivity contribution in [1.29, 1.82) is 0 Å². The van der Waals surface area contributed by atoms with Gasteiger partial charge in [0.05, 0.1) is 18.4 Å². The zero-order valence-corrected chi connectivity index (χ0v) is 18.5. The van der Waals surface area contributed by atoms with Crippen molar-refractivity contribution in [3.8, 4) is 5.75 Å². The number of anilines is 3. The van der Waals surface area contributed by atoms with Crippen molar-refractivity contribution in [2.75, 3.05) is 36.3 Å². The average Bonchev–Trinajstić information content (AvgIpc) is 3.04. The number of hydrogen-bond donors (Lipinski definition) is 1. The van der Waals surface area contributed by atoms with E-state index in [1.807, 2.05) is 68.4 Å². The van der Waals surface area contributed by atoms with Crippen molar-refractivity contribution >= 4 is 34.4 Å². The number of imide groups is 1. The number of methoxy groups -OCH3 is 1. The standard InChI is InChI=1S/C26H25N3O3/c1-17-7-5-6-8-22(17)29-25(30)23(18-9-15-21(32-4)16-10-18)24(26(29)31)27-19-11-13-20(14-12-19)28(2)3/h5-16,27H,1-4H3. The molecule has 0 unspecified atom stereocenters. The number of nitrogens with zero attached hydrogens (tertiary/aromatic N) is 2. The molecule has 1 aliphatic heterocycles. The van der Waals surface area contributed by atoms with Gasteiger partial charge in [-0.3, -0.25) is 9.59 Å². The van der Waals surface area contributed by atoms with Crippen molar-refractivity contribution in [2.45, 2.75) is 6.92 Å². The molecule has 0 spiro atoms. The summed E-state index contributed by atoms with van der Waals surface area (Å²) in [6, 6.07) is 22.2. The highest BCUT2D eigenvalue weighted by atomic mass is 16.5. The molecule has 0 saturated heterocycles. The monoisotopic (exact) mass is 427 g/mol. The minimum atomic E-state index is -0.383. The Morgan fingerprint density at radius 1 is 0.844 bits per heavy atom. The highest BCUT2D eigenvalue weighted by molar-refractivity contribution is 6.46. The first-order chi connectivity index (χ1) is 15.4. The first-order valence-corrected chi connectivity index (χ1v) is 10.3. The summed E-state index contributed by atoms with van der Waals surface area (Å²) in [4.78, 5) is 30.3. The summed E-state index contributed by atoms with van der Waals surface area (Å²) in [5.74, 6) is -0.0654. The van der Waals surface area contributed by atoms with E-state index < -0.39 is 0 Å². The number of para-hydroxylation sites is 1. The average molecular weight is 428 g/mol. The molecule has 0 radical (unpaired) electrons. The van der Waals surface area contributed by atoms with Gasteiger partial charge >= 0.3 is 0 Å². The maximum absolute atomic E-state index is 13.5. The molecule has 3 aromatic carbocycles. The smallest absolute Gasteiger partial charge is 0.282 e. The van der Waals surface area contributed by atoms with Gasteiger partial charge in [0, 0.05) is 25.5 Å². The van der Waals surface area contributed by atoms with Crippen LogP contribution in [0.1, 0.15) is 11.1 Å². The number of aryl methyl sites for hydroxylation is 1. The Morgan fingerprint density at radius 2 is 1.50 bits per heavy atom. The fourth-order valence-corrected chi connectivity index (χ4v) is 3.69.